The first-order valence-electron chi connectivity index (χ1n) is 8.49. The van der Waals surface area contributed by atoms with Gasteiger partial charge in [0.1, 0.15) is 17.1 Å². The molecular formula is C19H24N2O4S. The van der Waals surface area contributed by atoms with Crippen LogP contribution in [0.15, 0.2) is 29.6 Å². The predicted octanol–water partition coefficient (Wildman–Crippen LogP) is 3.20. The molecule has 1 aromatic carbocycles. The molecule has 0 saturated heterocycles. The van der Waals surface area contributed by atoms with Gasteiger partial charge in [0, 0.05) is 17.4 Å². The van der Waals surface area contributed by atoms with Gasteiger partial charge in [-0.15, -0.1) is 11.3 Å². The zero-order valence-electron chi connectivity index (χ0n) is 15.1. The first-order chi connectivity index (χ1) is 12.3. The number of nitrogens with zero attached hydrogens (tertiary/aromatic N) is 1. The number of aliphatic carboxylic acids is 2. The highest BCUT2D eigenvalue weighted by atomic mass is 32.1. The molecule has 0 aliphatic rings. The van der Waals surface area contributed by atoms with Crippen molar-refractivity contribution in [2.75, 3.05) is 0 Å². The Morgan fingerprint density at radius 1 is 1.12 bits per heavy atom. The molecule has 7 heteroatoms. The molecule has 2 rings (SSSR count). The third-order valence-corrected chi connectivity index (χ3v) is 4.91. The van der Waals surface area contributed by atoms with E-state index in [2.05, 4.69) is 10.3 Å². The maximum absolute atomic E-state index is 11.6. The Labute approximate surface area is 156 Å². The summed E-state index contributed by atoms with van der Waals surface area (Å²) in [4.78, 5) is 27.5. The monoisotopic (exact) mass is 376 g/mol. The zero-order chi connectivity index (χ0) is 19.3. The lowest BCUT2D eigenvalue weighted by Gasteiger charge is -2.21. The molecule has 0 unspecified atom stereocenters. The molecule has 0 spiro atoms. The van der Waals surface area contributed by atoms with Crippen molar-refractivity contribution in [1.82, 2.24) is 10.3 Å². The van der Waals surface area contributed by atoms with E-state index in [-0.39, 0.29) is 12.3 Å². The Morgan fingerprint density at radius 2 is 1.73 bits per heavy atom. The van der Waals surface area contributed by atoms with Gasteiger partial charge in [-0.25, -0.2) is 4.98 Å². The number of hydrogen-bond donors (Lipinski definition) is 3. The molecule has 2 atom stereocenters. The number of hydrogen-bond acceptors (Lipinski definition) is 5. The van der Waals surface area contributed by atoms with E-state index < -0.39 is 24.0 Å². The van der Waals surface area contributed by atoms with E-state index in [4.69, 9.17) is 0 Å². The Morgan fingerprint density at radius 3 is 2.27 bits per heavy atom. The number of rotatable bonds is 9. The number of carboxylic acids is 2. The van der Waals surface area contributed by atoms with E-state index in [9.17, 15) is 19.8 Å². The minimum absolute atomic E-state index is 0.138. The molecule has 0 aliphatic heterocycles. The van der Waals surface area contributed by atoms with Gasteiger partial charge in [-0.1, -0.05) is 43.7 Å². The van der Waals surface area contributed by atoms with Gasteiger partial charge in [-0.3, -0.25) is 14.9 Å². The smallest absolute Gasteiger partial charge is 0.321 e. The Kier molecular flexibility index (Phi) is 6.88. The van der Waals surface area contributed by atoms with Gasteiger partial charge in [0.2, 0.25) is 0 Å². The minimum Gasteiger partial charge on any atom is -0.480 e. The summed E-state index contributed by atoms with van der Waals surface area (Å²) < 4.78 is 0. The number of aryl methyl sites for hydroxylation is 1. The lowest BCUT2D eigenvalue weighted by molar-refractivity contribution is -0.142. The minimum atomic E-state index is -1.08. The van der Waals surface area contributed by atoms with Crippen LogP contribution in [0.1, 0.15) is 31.5 Å². The topological polar surface area (TPSA) is 99.5 Å². The standard InChI is InChI=1S/C19H24N2O4S/c1-11(2)8-15(18(22)23)21-16(19(24)25)9-14-10-26-17(20-14)13-6-4-12(3)5-7-13/h4-7,10-11,15-16,21H,8-9H2,1-3H3,(H,22,23)(H,24,25)/t15-,16-/m0/s1. The van der Waals surface area contributed by atoms with Crippen molar-refractivity contribution < 1.29 is 19.8 Å². The van der Waals surface area contributed by atoms with E-state index in [1.165, 1.54) is 11.3 Å². The van der Waals surface area contributed by atoms with E-state index in [1.54, 1.807) is 0 Å². The van der Waals surface area contributed by atoms with Crippen molar-refractivity contribution in [2.45, 2.75) is 45.7 Å². The van der Waals surface area contributed by atoms with Crippen molar-refractivity contribution in [1.29, 1.82) is 0 Å². The first kappa shape index (κ1) is 20.1. The van der Waals surface area contributed by atoms with Crippen LogP contribution in [0.3, 0.4) is 0 Å². The second-order valence-corrected chi connectivity index (χ2v) is 7.65. The molecule has 1 aromatic heterocycles. The fourth-order valence-electron chi connectivity index (χ4n) is 2.61. The highest BCUT2D eigenvalue weighted by Gasteiger charge is 2.27. The molecule has 0 fully saturated rings. The third-order valence-electron chi connectivity index (χ3n) is 3.97. The first-order valence-corrected chi connectivity index (χ1v) is 9.37. The summed E-state index contributed by atoms with van der Waals surface area (Å²) in [7, 11) is 0. The van der Waals surface area contributed by atoms with Gasteiger partial charge < -0.3 is 10.2 Å². The van der Waals surface area contributed by atoms with Gasteiger partial charge in [0.15, 0.2) is 0 Å². The maximum atomic E-state index is 11.6. The summed E-state index contributed by atoms with van der Waals surface area (Å²) in [5.41, 5.74) is 2.78. The third kappa shape index (κ3) is 5.64. The van der Waals surface area contributed by atoms with Gasteiger partial charge in [0.05, 0.1) is 5.69 Å². The fourth-order valence-corrected chi connectivity index (χ4v) is 3.45. The second kappa shape index (κ2) is 8.91. The molecule has 0 saturated carbocycles. The van der Waals surface area contributed by atoms with E-state index in [0.717, 1.165) is 16.1 Å². The quantitative estimate of drug-likeness (QED) is 0.621. The summed E-state index contributed by atoms with van der Waals surface area (Å²) in [6, 6.07) is 6.07. The Bertz CT molecular complexity index is 755. The number of nitrogens with one attached hydrogen (secondary N) is 1. The number of carbonyl (C=O) groups is 2. The number of carboxylic acid groups (broad SMARTS) is 2. The van der Waals surface area contributed by atoms with Crippen molar-refractivity contribution in [3.8, 4) is 10.6 Å². The lowest BCUT2D eigenvalue weighted by Crippen LogP contribution is -2.48. The fraction of sp³-hybridized carbons (Fsp3) is 0.421. The largest absolute Gasteiger partial charge is 0.480 e. The zero-order valence-corrected chi connectivity index (χ0v) is 15.9. The maximum Gasteiger partial charge on any atom is 0.321 e. The Balaban J connectivity index is 2.11. The molecule has 0 bridgehead atoms. The lowest BCUT2D eigenvalue weighted by atomic mass is 10.0. The summed E-state index contributed by atoms with van der Waals surface area (Å²) >= 11 is 1.45. The van der Waals surface area contributed by atoms with Crippen LogP contribution in [0, 0.1) is 12.8 Å². The van der Waals surface area contributed by atoms with E-state index in [0.29, 0.717) is 12.1 Å². The van der Waals surface area contributed by atoms with Crippen LogP contribution in [-0.2, 0) is 16.0 Å². The summed E-state index contributed by atoms with van der Waals surface area (Å²) in [6.45, 7) is 5.82. The molecule has 3 N–H and O–H groups in total. The molecule has 26 heavy (non-hydrogen) atoms. The van der Waals surface area contributed by atoms with Crippen LogP contribution in [0.4, 0.5) is 0 Å². The molecule has 0 radical (unpaired) electrons. The molecular weight excluding hydrogens is 352 g/mol. The summed E-state index contributed by atoms with van der Waals surface area (Å²) in [6.07, 6.45) is 0.504. The number of benzene rings is 1. The predicted molar refractivity (Wildman–Crippen MR) is 101 cm³/mol. The van der Waals surface area contributed by atoms with E-state index >= 15 is 0 Å². The van der Waals surface area contributed by atoms with Crippen LogP contribution < -0.4 is 5.32 Å². The average molecular weight is 376 g/mol. The van der Waals surface area contributed by atoms with Crippen molar-refractivity contribution >= 4 is 23.3 Å². The number of aromatic nitrogens is 1. The van der Waals surface area contributed by atoms with Gasteiger partial charge in [-0.05, 0) is 19.3 Å². The molecule has 0 amide bonds. The summed E-state index contributed by atoms with van der Waals surface area (Å²) in [5.74, 6) is -1.97. The van der Waals surface area contributed by atoms with Crippen molar-refractivity contribution in [2.24, 2.45) is 5.92 Å². The molecule has 6 nitrogen and oxygen atoms in total. The van der Waals surface area contributed by atoms with Gasteiger partial charge in [0.25, 0.3) is 0 Å². The van der Waals surface area contributed by atoms with E-state index in [1.807, 2.05) is 50.4 Å². The normalized spacial score (nSPS) is 13.5. The molecule has 140 valence electrons. The van der Waals surface area contributed by atoms with Crippen LogP contribution in [-0.4, -0.2) is 39.2 Å². The highest BCUT2D eigenvalue weighted by Crippen LogP contribution is 2.24. The van der Waals surface area contributed by atoms with Crippen LogP contribution in [0.5, 0.6) is 0 Å². The van der Waals surface area contributed by atoms with Crippen LogP contribution >= 0.6 is 11.3 Å². The summed E-state index contributed by atoms with van der Waals surface area (Å²) in [5, 5.41) is 24.2. The van der Waals surface area contributed by atoms with Crippen LogP contribution in [0.25, 0.3) is 10.6 Å². The molecule has 2 aromatic rings. The van der Waals surface area contributed by atoms with Crippen LogP contribution in [0.2, 0.25) is 0 Å². The average Bonchev–Trinajstić information content (AvgIpc) is 3.02. The molecule has 1 heterocycles. The SMILES string of the molecule is Cc1ccc(-c2nc(C[C@H](N[C@@H](CC(C)C)C(=O)O)C(=O)O)cs2)cc1. The van der Waals surface area contributed by atoms with Gasteiger partial charge in [-0.2, -0.15) is 0 Å². The van der Waals surface area contributed by atoms with Gasteiger partial charge >= 0.3 is 11.9 Å². The molecule has 0 aliphatic carbocycles. The number of thiazole rings is 1. The van der Waals surface area contributed by atoms with Crippen molar-refractivity contribution in [3.63, 3.8) is 0 Å². The highest BCUT2D eigenvalue weighted by molar-refractivity contribution is 7.13. The Hall–Kier alpha value is -2.25. The second-order valence-electron chi connectivity index (χ2n) is 6.79. The van der Waals surface area contributed by atoms with Crippen molar-refractivity contribution in [3.05, 3.63) is 40.9 Å².